The van der Waals surface area contributed by atoms with Gasteiger partial charge < -0.3 is 51.3 Å². The number of pyridine rings is 2. The van der Waals surface area contributed by atoms with Gasteiger partial charge in [0.1, 0.15) is 41.9 Å². The first-order valence-corrected chi connectivity index (χ1v) is 30.6. The second-order valence-corrected chi connectivity index (χ2v) is 23.9. The molecule has 408 valence electrons. The predicted octanol–water partition coefficient (Wildman–Crippen LogP) is 1.08. The normalized spacial score (nSPS) is 24.0. The molecule has 6 rings (SSSR count). The number of para-hydroxylation sites is 2. The molecule has 0 radical (unpaired) electrons. The highest BCUT2D eigenvalue weighted by Crippen LogP contribution is 2.30. The Bertz CT molecular complexity index is 2850. The van der Waals surface area contributed by atoms with Gasteiger partial charge in [-0.3, -0.25) is 48.1 Å². The van der Waals surface area contributed by atoms with Crippen LogP contribution in [0.3, 0.4) is 0 Å². The number of likely N-dealkylation sites (N-methyl/N-ethyl adjacent to an activating group) is 4. The van der Waals surface area contributed by atoms with Crippen LogP contribution in [0.1, 0.15) is 21.0 Å². The Kier molecular flexibility index (Phi) is 21.8. The number of fused-ring (bicyclic) bond motifs is 7. The number of aromatic hydroxyl groups is 2. The number of benzene rings is 2. The van der Waals surface area contributed by atoms with E-state index in [1.54, 1.807) is 61.0 Å². The van der Waals surface area contributed by atoms with Crippen LogP contribution in [0.5, 0.6) is 11.5 Å². The van der Waals surface area contributed by atoms with Crippen molar-refractivity contribution in [1.82, 2.24) is 50.8 Å². The van der Waals surface area contributed by atoms with E-state index in [0.717, 1.165) is 26.5 Å². The monoisotopic (exact) mass is 1160 g/mol. The molecule has 76 heavy (non-hydrogen) atoms. The van der Waals surface area contributed by atoms with Gasteiger partial charge in [0.05, 0.1) is 36.2 Å². The first-order valence-electron chi connectivity index (χ1n) is 23.3. The van der Waals surface area contributed by atoms with Gasteiger partial charge >= 0.3 is 0 Å². The molecule has 0 spiro atoms. The maximum Gasteiger partial charge on any atom is 0.274 e. The molecule has 7 N–H and O–H groups in total. The Balaban J connectivity index is 1.36. The van der Waals surface area contributed by atoms with Crippen LogP contribution in [-0.2, 0) is 33.6 Å². The number of thioether (sulfide) groups is 4. The lowest BCUT2D eigenvalue weighted by atomic mass is 10.1. The maximum atomic E-state index is 14.7. The molecule has 2 aliphatic heterocycles. The fourth-order valence-electron chi connectivity index (χ4n) is 7.89. The summed E-state index contributed by atoms with van der Waals surface area (Å²) in [4.78, 5) is 141. The number of carbonyl (C=O) groups excluding carboxylic acids is 9. The summed E-state index contributed by atoms with van der Waals surface area (Å²) < 4.78 is 0. The SMILES string of the molecule is CSC[C@H]1C(=O)SC[C@@H](NC(=O)c2nc3ccccc3cc2O)C(=O)NCC(=O)N(C)[C@H]2CSSC[C@@H](C(=O)N1C)N(C)C(=O)CNC(=O)[C@H](NC(=O)c1nc3ccccc3cc1O)CSC(=O)[C@H](CSC)N(C)[C@H]2O. The van der Waals surface area contributed by atoms with Gasteiger partial charge in [-0.25, -0.2) is 9.97 Å². The second-order valence-electron chi connectivity index (χ2n) is 17.5. The number of hydrogen-bond donors (Lipinski definition) is 7. The minimum Gasteiger partial charge on any atom is -0.505 e. The van der Waals surface area contributed by atoms with Crippen molar-refractivity contribution in [1.29, 1.82) is 0 Å². The summed E-state index contributed by atoms with van der Waals surface area (Å²) in [5, 5.41) is 44.0. The Morgan fingerprint density at radius 2 is 1.09 bits per heavy atom. The highest BCUT2D eigenvalue weighted by atomic mass is 33.1. The molecule has 2 saturated heterocycles. The number of amides is 7. The summed E-state index contributed by atoms with van der Waals surface area (Å²) in [6.07, 6.45) is 1.89. The third-order valence-electron chi connectivity index (χ3n) is 12.5. The van der Waals surface area contributed by atoms with E-state index in [4.69, 9.17) is 0 Å². The number of nitrogens with one attached hydrogen (secondary N) is 4. The maximum absolute atomic E-state index is 14.7. The summed E-state index contributed by atoms with van der Waals surface area (Å²) in [7, 11) is 7.89. The highest BCUT2D eigenvalue weighted by Gasteiger charge is 2.40. The van der Waals surface area contributed by atoms with Crippen molar-refractivity contribution in [2.45, 2.75) is 42.5 Å². The second kappa shape index (κ2) is 27.7. The zero-order valence-electron chi connectivity index (χ0n) is 42.1. The van der Waals surface area contributed by atoms with E-state index < -0.39 is 142 Å². The molecular formula is C48H58N10O12S6. The summed E-state index contributed by atoms with van der Waals surface area (Å²) in [5.41, 5.74) is -0.0658. The summed E-state index contributed by atoms with van der Waals surface area (Å²) in [6.45, 7) is -1.34. The van der Waals surface area contributed by atoms with Crippen LogP contribution in [0.25, 0.3) is 21.8 Å². The number of nitrogens with zero attached hydrogens (tertiary/aromatic N) is 6. The van der Waals surface area contributed by atoms with Crippen LogP contribution < -0.4 is 21.3 Å². The number of carbonyl (C=O) groups is 9. The first-order chi connectivity index (χ1) is 36.2. The summed E-state index contributed by atoms with van der Waals surface area (Å²) in [6, 6.07) is 8.50. The molecule has 7 amide bonds. The molecule has 7 atom stereocenters. The van der Waals surface area contributed by atoms with E-state index in [1.807, 2.05) is 0 Å². The molecule has 2 fully saturated rings. The number of aliphatic hydroxyl groups is 1. The molecule has 2 bridgehead atoms. The molecule has 0 unspecified atom stereocenters. The van der Waals surface area contributed by atoms with Gasteiger partial charge in [-0.1, -0.05) is 81.5 Å². The van der Waals surface area contributed by atoms with Gasteiger partial charge in [0.15, 0.2) is 11.4 Å². The van der Waals surface area contributed by atoms with Gasteiger partial charge in [0.2, 0.25) is 39.8 Å². The van der Waals surface area contributed by atoms with Crippen molar-refractivity contribution in [2.24, 2.45) is 0 Å². The van der Waals surface area contributed by atoms with Crippen molar-refractivity contribution < 1.29 is 58.5 Å². The van der Waals surface area contributed by atoms with Crippen LogP contribution in [0, 0.1) is 0 Å². The number of aliphatic hydroxyl groups excluding tert-OH is 1. The predicted molar refractivity (Wildman–Crippen MR) is 299 cm³/mol. The standard InChI is InChI=1S/C48H58N10O12S6/c1-55-31-23-75-76-24-32(46(68)58(4)34(22-72-6)48(70)74-19-29(41(63)49-17-37(55)61)53-43(65)39-35(59)15-25-11-7-9-13-27(25)51-39)56(2)38(62)18-50-42(64)30(20-73-47(69)33(21-71-5)57(3)45(31)67)54-44(66)40-36(60)16-26-12-8-10-14-28(26)52-40/h7-16,29-34,45,59-60,67H,17-24H2,1-6H3,(H,49,63)(H,50,64)(H,53,65)(H,54,66)/t29-,30-,31+,32+,33+,34+,45+/m1/s1. The average Bonchev–Trinajstić information content (AvgIpc) is 3.41. The van der Waals surface area contributed by atoms with Crippen molar-refractivity contribution in [2.75, 3.05) is 88.3 Å². The van der Waals surface area contributed by atoms with Crippen LogP contribution in [-0.4, -0.2) is 227 Å². The van der Waals surface area contributed by atoms with Crippen LogP contribution in [0.2, 0.25) is 0 Å². The molecule has 28 heteroatoms. The Hall–Kier alpha value is -5.49. The minimum absolute atomic E-state index is 0.0287. The molecule has 2 aromatic carbocycles. The van der Waals surface area contributed by atoms with E-state index in [9.17, 15) is 58.5 Å². The lowest BCUT2D eigenvalue weighted by molar-refractivity contribution is -0.144. The van der Waals surface area contributed by atoms with Gasteiger partial charge in [-0.15, -0.1) is 0 Å². The lowest BCUT2D eigenvalue weighted by Gasteiger charge is -2.39. The largest absolute Gasteiger partial charge is 0.505 e. The van der Waals surface area contributed by atoms with E-state index in [0.29, 0.717) is 45.3 Å². The quantitative estimate of drug-likeness (QED) is 0.121. The van der Waals surface area contributed by atoms with E-state index in [2.05, 4.69) is 31.2 Å². The number of aromatic nitrogens is 2. The van der Waals surface area contributed by atoms with E-state index in [1.165, 1.54) is 78.5 Å². The van der Waals surface area contributed by atoms with Gasteiger partial charge in [-0.05, 0) is 43.8 Å². The summed E-state index contributed by atoms with van der Waals surface area (Å²) >= 11 is 3.81. The molecule has 4 aromatic rings. The summed E-state index contributed by atoms with van der Waals surface area (Å²) in [5.74, 6) is -7.55. The number of rotatable bonds is 8. The van der Waals surface area contributed by atoms with Crippen molar-refractivity contribution in [3.8, 4) is 11.5 Å². The van der Waals surface area contributed by atoms with Gasteiger partial charge in [-0.2, -0.15) is 23.5 Å². The van der Waals surface area contributed by atoms with Gasteiger partial charge in [0.25, 0.3) is 11.8 Å². The van der Waals surface area contributed by atoms with Crippen LogP contribution in [0.15, 0.2) is 60.7 Å². The van der Waals surface area contributed by atoms with Crippen molar-refractivity contribution >= 4 is 142 Å². The first kappa shape index (κ1) is 59.7. The molecule has 2 aliphatic rings. The topological polar surface area (TPSA) is 301 Å². The Labute approximate surface area is 462 Å². The highest BCUT2D eigenvalue weighted by molar-refractivity contribution is 8.76. The fourth-order valence-corrected chi connectivity index (χ4v) is 14.1. The van der Waals surface area contributed by atoms with E-state index in [-0.39, 0.29) is 23.0 Å². The van der Waals surface area contributed by atoms with Crippen molar-refractivity contribution in [3.05, 3.63) is 72.1 Å². The smallest absolute Gasteiger partial charge is 0.274 e. The zero-order valence-corrected chi connectivity index (χ0v) is 47.0. The Morgan fingerprint density at radius 3 is 1.59 bits per heavy atom. The molecular weight excluding hydrogens is 1100 g/mol. The number of hydrogen-bond acceptors (Lipinski definition) is 21. The molecule has 0 aliphatic carbocycles. The minimum atomic E-state index is -1.57. The van der Waals surface area contributed by atoms with Crippen LogP contribution >= 0.6 is 68.6 Å². The van der Waals surface area contributed by atoms with Crippen LogP contribution in [0.4, 0.5) is 0 Å². The lowest BCUT2D eigenvalue weighted by Crippen LogP contribution is -2.59. The van der Waals surface area contributed by atoms with Crippen molar-refractivity contribution in [3.63, 3.8) is 0 Å². The molecule has 0 saturated carbocycles. The average molecular weight is 1160 g/mol. The zero-order chi connectivity index (χ0) is 55.4. The third kappa shape index (κ3) is 14.7. The molecule has 2 aromatic heterocycles. The molecule has 4 heterocycles. The third-order valence-corrected chi connectivity index (χ3v) is 18.4. The fraction of sp³-hybridized carbons (Fsp3) is 0.438. The molecule has 22 nitrogen and oxygen atoms in total. The van der Waals surface area contributed by atoms with Gasteiger partial charge in [0, 0.05) is 66.4 Å². The van der Waals surface area contributed by atoms with E-state index >= 15 is 0 Å². The Morgan fingerprint density at radius 1 is 0.645 bits per heavy atom.